The average Bonchev–Trinajstić information content (AvgIpc) is 3.33. The van der Waals surface area contributed by atoms with E-state index in [9.17, 15) is 22.8 Å². The molecule has 0 aromatic heterocycles. The Morgan fingerprint density at radius 2 is 1.34 bits per heavy atom. The van der Waals surface area contributed by atoms with E-state index in [-0.39, 0.29) is 41.5 Å². The standard InChI is InChI=1S/C38H67N3O8S/c1-26(2)23-30(40(34(44)49-36(6,7)8)39-33(43)48-35(3,4)5)32(42)47-31-24-27-21-22-38(31,37(27,9)10)25-50(45,46)41(28-17-13-11-14-18-28)29-19-15-12-16-20-29/h26-31H,11-25H2,1-10H3,(H,39,43)/t27-,30-,31-,38-/m1/s1. The molecule has 0 saturated heterocycles. The van der Waals surface area contributed by atoms with E-state index in [0.29, 0.717) is 12.8 Å². The van der Waals surface area contributed by atoms with Crippen LogP contribution in [0.15, 0.2) is 0 Å². The first-order valence-electron chi connectivity index (χ1n) is 19.3. The number of hydrogen-bond acceptors (Lipinski definition) is 8. The Morgan fingerprint density at radius 3 is 1.80 bits per heavy atom. The van der Waals surface area contributed by atoms with Crippen molar-refractivity contribution in [2.45, 2.75) is 195 Å². The van der Waals surface area contributed by atoms with E-state index in [1.807, 2.05) is 18.2 Å². The normalized spacial score (nSPS) is 26.9. The Hall–Kier alpha value is -2.08. The van der Waals surface area contributed by atoms with Crippen molar-refractivity contribution < 1.29 is 37.0 Å². The van der Waals surface area contributed by atoms with Crippen molar-refractivity contribution >= 4 is 28.2 Å². The highest BCUT2D eigenvalue weighted by atomic mass is 32.2. The van der Waals surface area contributed by atoms with Crippen molar-refractivity contribution in [1.82, 2.24) is 14.7 Å². The van der Waals surface area contributed by atoms with E-state index in [0.717, 1.165) is 75.6 Å². The van der Waals surface area contributed by atoms with Crippen LogP contribution in [0.2, 0.25) is 0 Å². The third-order valence-corrected chi connectivity index (χ3v) is 13.8. The minimum atomic E-state index is -3.73. The minimum Gasteiger partial charge on any atom is -0.460 e. The molecular weight excluding hydrogens is 658 g/mol. The minimum absolute atomic E-state index is 0.0210. The quantitative estimate of drug-likeness (QED) is 0.136. The molecule has 12 heteroatoms. The summed E-state index contributed by atoms with van der Waals surface area (Å²) in [5, 5.41) is 0.900. The number of hydrogen-bond donors (Lipinski definition) is 1. The Morgan fingerprint density at radius 1 is 0.820 bits per heavy atom. The molecule has 50 heavy (non-hydrogen) atoms. The maximum atomic E-state index is 14.9. The number of amides is 2. The third-order valence-electron chi connectivity index (χ3n) is 11.7. The Bertz CT molecular complexity index is 1290. The average molecular weight is 726 g/mol. The molecule has 4 aliphatic carbocycles. The summed E-state index contributed by atoms with van der Waals surface area (Å²) in [4.78, 5) is 41.0. The summed E-state index contributed by atoms with van der Waals surface area (Å²) in [7, 11) is -3.73. The fourth-order valence-electron chi connectivity index (χ4n) is 9.26. The second kappa shape index (κ2) is 15.5. The van der Waals surface area contributed by atoms with E-state index in [2.05, 4.69) is 19.3 Å². The molecule has 11 nitrogen and oxygen atoms in total. The molecule has 4 fully saturated rings. The summed E-state index contributed by atoms with van der Waals surface area (Å²) in [6, 6.07) is -1.19. The molecule has 4 atom stereocenters. The number of nitrogens with zero attached hydrogens (tertiary/aromatic N) is 2. The van der Waals surface area contributed by atoms with Gasteiger partial charge in [-0.1, -0.05) is 66.2 Å². The second-order valence-corrected chi connectivity index (χ2v) is 20.4. The summed E-state index contributed by atoms with van der Waals surface area (Å²) >= 11 is 0. The van der Waals surface area contributed by atoms with E-state index in [4.69, 9.17) is 14.2 Å². The smallest absolute Gasteiger partial charge is 0.430 e. The zero-order valence-corrected chi connectivity index (χ0v) is 33.5. The van der Waals surface area contributed by atoms with E-state index in [1.54, 1.807) is 41.5 Å². The Kier molecular flexibility index (Phi) is 12.6. The van der Waals surface area contributed by atoms with Gasteiger partial charge in [-0.3, -0.25) is 0 Å². The topological polar surface area (TPSA) is 132 Å². The van der Waals surface area contributed by atoms with Gasteiger partial charge in [0.2, 0.25) is 10.0 Å². The predicted molar refractivity (Wildman–Crippen MR) is 193 cm³/mol. The van der Waals surface area contributed by atoms with Crippen LogP contribution < -0.4 is 5.43 Å². The first-order valence-corrected chi connectivity index (χ1v) is 20.9. The van der Waals surface area contributed by atoms with E-state index in [1.165, 1.54) is 0 Å². The number of carbonyl (C=O) groups is 3. The second-order valence-electron chi connectivity index (χ2n) is 18.6. The van der Waals surface area contributed by atoms with Crippen LogP contribution in [0.5, 0.6) is 0 Å². The number of sulfonamides is 1. The van der Waals surface area contributed by atoms with Crippen LogP contribution in [-0.4, -0.2) is 77.1 Å². The summed E-state index contributed by atoms with van der Waals surface area (Å²) in [6.45, 7) is 18.4. The summed E-state index contributed by atoms with van der Waals surface area (Å²) < 4.78 is 49.2. The van der Waals surface area contributed by atoms with Gasteiger partial charge in [0, 0.05) is 17.5 Å². The van der Waals surface area contributed by atoms with Gasteiger partial charge in [-0.05, 0) is 110 Å². The molecule has 288 valence electrons. The van der Waals surface area contributed by atoms with Crippen molar-refractivity contribution in [1.29, 1.82) is 0 Å². The number of hydrazine groups is 1. The molecule has 1 N–H and O–H groups in total. The van der Waals surface area contributed by atoms with Crippen LogP contribution >= 0.6 is 0 Å². The molecule has 0 unspecified atom stereocenters. The molecule has 4 aliphatic rings. The van der Waals surface area contributed by atoms with Gasteiger partial charge >= 0.3 is 18.2 Å². The fraction of sp³-hybridized carbons (Fsp3) is 0.921. The van der Waals surface area contributed by atoms with Gasteiger partial charge in [0.1, 0.15) is 17.3 Å². The largest absolute Gasteiger partial charge is 0.460 e. The highest BCUT2D eigenvalue weighted by Gasteiger charge is 2.67. The number of esters is 1. The number of rotatable bonds is 10. The first-order chi connectivity index (χ1) is 23.1. The highest BCUT2D eigenvalue weighted by molar-refractivity contribution is 7.89. The SMILES string of the molecule is CC(C)C[C@H](C(=O)O[C@@H]1C[C@H]2CC[C@]1(CS(=O)(=O)N(C1CCCCC1)C1CCCCC1)C2(C)C)N(NC(=O)OC(C)(C)C)C(=O)OC(C)(C)C. The molecule has 0 aliphatic heterocycles. The van der Waals surface area contributed by atoms with E-state index < -0.39 is 56.9 Å². The van der Waals surface area contributed by atoms with Crippen molar-refractivity contribution in [3.05, 3.63) is 0 Å². The van der Waals surface area contributed by atoms with Gasteiger partial charge in [-0.25, -0.2) is 33.2 Å². The molecular formula is C38H67N3O8S. The van der Waals surface area contributed by atoms with Gasteiger partial charge in [0.05, 0.1) is 5.75 Å². The van der Waals surface area contributed by atoms with Gasteiger partial charge in [-0.15, -0.1) is 0 Å². The molecule has 0 aromatic carbocycles. The highest BCUT2D eigenvalue weighted by Crippen LogP contribution is 2.67. The Labute approximate surface area is 302 Å². The number of ether oxygens (including phenoxy) is 3. The third kappa shape index (κ3) is 9.47. The van der Waals surface area contributed by atoms with Crippen molar-refractivity contribution in [3.63, 3.8) is 0 Å². The van der Waals surface area contributed by atoms with Gasteiger partial charge in [0.25, 0.3) is 0 Å². The van der Waals surface area contributed by atoms with Crippen LogP contribution in [0.25, 0.3) is 0 Å². The van der Waals surface area contributed by atoms with Gasteiger partial charge in [-0.2, -0.15) is 4.31 Å². The molecule has 0 heterocycles. The van der Waals surface area contributed by atoms with Crippen molar-refractivity contribution in [3.8, 4) is 0 Å². The molecule has 2 amide bonds. The van der Waals surface area contributed by atoms with E-state index >= 15 is 0 Å². The monoisotopic (exact) mass is 725 g/mol. The molecule has 0 spiro atoms. The number of carbonyl (C=O) groups excluding carboxylic acids is 3. The van der Waals surface area contributed by atoms with Crippen LogP contribution in [0, 0.1) is 22.7 Å². The zero-order chi connectivity index (χ0) is 37.3. The molecule has 0 radical (unpaired) electrons. The zero-order valence-electron chi connectivity index (χ0n) is 32.6. The lowest BCUT2D eigenvalue weighted by molar-refractivity contribution is -0.164. The lowest BCUT2D eigenvalue weighted by Gasteiger charge is -2.46. The van der Waals surface area contributed by atoms with Crippen LogP contribution in [0.3, 0.4) is 0 Å². The summed E-state index contributed by atoms with van der Waals surface area (Å²) in [5.74, 6) is -0.626. The molecule has 4 rings (SSSR count). The van der Waals surface area contributed by atoms with Crippen LogP contribution in [0.1, 0.15) is 159 Å². The van der Waals surface area contributed by atoms with Crippen molar-refractivity contribution in [2.24, 2.45) is 22.7 Å². The van der Waals surface area contributed by atoms with Crippen LogP contribution in [-0.2, 0) is 29.0 Å². The fourth-order valence-corrected chi connectivity index (χ4v) is 12.1. The van der Waals surface area contributed by atoms with Crippen LogP contribution in [0.4, 0.5) is 9.59 Å². The molecule has 0 aromatic rings. The predicted octanol–water partition coefficient (Wildman–Crippen LogP) is 8.11. The maximum absolute atomic E-state index is 14.9. The maximum Gasteiger partial charge on any atom is 0.430 e. The molecule has 4 saturated carbocycles. The summed E-state index contributed by atoms with van der Waals surface area (Å²) in [5.41, 5.74) is -0.449. The number of fused-ring (bicyclic) bond motifs is 2. The Balaban J connectivity index is 1.67. The van der Waals surface area contributed by atoms with Gasteiger partial charge < -0.3 is 14.2 Å². The first kappa shape index (κ1) is 40.7. The lowest BCUT2D eigenvalue weighted by Crippen LogP contribution is -2.58. The number of nitrogens with one attached hydrogen (secondary N) is 1. The van der Waals surface area contributed by atoms with Crippen molar-refractivity contribution in [2.75, 3.05) is 5.75 Å². The summed E-state index contributed by atoms with van der Waals surface area (Å²) in [6.07, 6.45) is 9.85. The lowest BCUT2D eigenvalue weighted by atomic mass is 9.69. The molecule has 2 bridgehead atoms. The van der Waals surface area contributed by atoms with Gasteiger partial charge in [0.15, 0.2) is 6.04 Å².